The van der Waals surface area contributed by atoms with Gasteiger partial charge >= 0.3 is 6.09 Å². The molecule has 19 heavy (non-hydrogen) atoms. The maximum absolute atomic E-state index is 11.8. The lowest BCUT2D eigenvalue weighted by Gasteiger charge is -2.24. The van der Waals surface area contributed by atoms with Gasteiger partial charge in [-0.2, -0.15) is 0 Å². The van der Waals surface area contributed by atoms with Crippen molar-refractivity contribution >= 4 is 39.1 Å². The van der Waals surface area contributed by atoms with Crippen LogP contribution in [0.5, 0.6) is 0 Å². The topological polar surface area (TPSA) is 46.6 Å². The van der Waals surface area contributed by atoms with Gasteiger partial charge in [0, 0.05) is 11.9 Å². The first kappa shape index (κ1) is 16.2. The fraction of sp³-hybridized carbons (Fsp3) is 0.538. The van der Waals surface area contributed by atoms with Gasteiger partial charge in [0.1, 0.15) is 5.60 Å². The van der Waals surface area contributed by atoms with Gasteiger partial charge in [0.15, 0.2) is 5.78 Å². The molecule has 1 aromatic heterocycles. The number of carbonyl (C=O) groups excluding carboxylic acids is 2. The van der Waals surface area contributed by atoms with Crippen LogP contribution in [0.15, 0.2) is 12.1 Å². The first-order valence-electron chi connectivity index (χ1n) is 5.85. The molecule has 0 unspecified atom stereocenters. The highest BCUT2D eigenvalue weighted by molar-refractivity contribution is 9.09. The third-order valence-corrected chi connectivity index (χ3v) is 3.78. The number of amides is 1. The van der Waals surface area contributed by atoms with Crippen molar-refractivity contribution in [3.05, 3.63) is 21.9 Å². The molecule has 0 aliphatic carbocycles. The largest absolute Gasteiger partial charge is 0.444 e. The highest BCUT2D eigenvalue weighted by atomic mass is 79.9. The Morgan fingerprint density at radius 3 is 2.53 bits per heavy atom. The van der Waals surface area contributed by atoms with E-state index in [1.165, 1.54) is 16.2 Å². The number of nitrogens with zero attached hydrogens (tertiary/aromatic N) is 1. The lowest BCUT2D eigenvalue weighted by atomic mass is 10.2. The zero-order chi connectivity index (χ0) is 14.6. The second kappa shape index (κ2) is 6.52. The van der Waals surface area contributed by atoms with E-state index in [1.54, 1.807) is 13.1 Å². The fourth-order valence-electron chi connectivity index (χ4n) is 1.32. The van der Waals surface area contributed by atoms with E-state index in [1.807, 2.05) is 26.8 Å². The minimum Gasteiger partial charge on any atom is -0.444 e. The summed E-state index contributed by atoms with van der Waals surface area (Å²) in [6.07, 6.45) is -0.366. The van der Waals surface area contributed by atoms with Crippen LogP contribution in [0, 0.1) is 0 Å². The fourth-order valence-corrected chi connectivity index (χ4v) is 2.80. The number of thiophene rings is 1. The monoisotopic (exact) mass is 347 g/mol. The van der Waals surface area contributed by atoms with Gasteiger partial charge in [0.25, 0.3) is 0 Å². The molecule has 0 fully saturated rings. The first-order valence-corrected chi connectivity index (χ1v) is 7.78. The second-order valence-corrected chi connectivity index (χ2v) is 6.89. The van der Waals surface area contributed by atoms with Gasteiger partial charge in [-0.3, -0.25) is 4.79 Å². The van der Waals surface area contributed by atoms with Gasteiger partial charge in [-0.05, 0) is 32.9 Å². The molecule has 0 spiro atoms. The Morgan fingerprint density at radius 1 is 1.37 bits per heavy atom. The van der Waals surface area contributed by atoms with E-state index in [-0.39, 0.29) is 11.9 Å². The number of ketones is 1. The molecule has 0 saturated heterocycles. The molecule has 0 saturated carbocycles. The van der Waals surface area contributed by atoms with E-state index in [9.17, 15) is 9.59 Å². The molecule has 1 amide bonds. The molecular formula is C13H18BrNO3S. The third-order valence-electron chi connectivity index (χ3n) is 2.16. The number of alkyl halides is 1. The molecule has 0 bridgehead atoms. The molecule has 0 atom stereocenters. The van der Waals surface area contributed by atoms with Crippen LogP contribution in [0.3, 0.4) is 0 Å². The lowest BCUT2D eigenvalue weighted by Crippen LogP contribution is -2.33. The first-order chi connectivity index (χ1) is 8.73. The zero-order valence-corrected chi connectivity index (χ0v) is 13.9. The second-order valence-electron chi connectivity index (χ2n) is 5.16. The summed E-state index contributed by atoms with van der Waals surface area (Å²) < 4.78 is 5.26. The molecule has 4 nitrogen and oxygen atoms in total. The zero-order valence-electron chi connectivity index (χ0n) is 11.5. The Labute approximate surface area is 125 Å². The molecule has 0 N–H and O–H groups in total. The molecule has 0 aliphatic rings. The van der Waals surface area contributed by atoms with Gasteiger partial charge in [0.2, 0.25) is 0 Å². The van der Waals surface area contributed by atoms with Gasteiger partial charge < -0.3 is 9.64 Å². The molecule has 106 valence electrons. The molecule has 0 radical (unpaired) electrons. The smallest absolute Gasteiger partial charge is 0.410 e. The van der Waals surface area contributed by atoms with Crippen LogP contribution in [0.25, 0.3) is 0 Å². The summed E-state index contributed by atoms with van der Waals surface area (Å²) in [4.78, 5) is 26.4. The Morgan fingerprint density at radius 2 is 2.00 bits per heavy atom. The number of Topliss-reactive ketones (excluding diaryl/α,β-unsaturated/α-hetero) is 1. The highest BCUT2D eigenvalue weighted by Crippen LogP contribution is 2.20. The Kier molecular flexibility index (Phi) is 5.55. The van der Waals surface area contributed by atoms with E-state index >= 15 is 0 Å². The standard InChI is InChI=1S/C13H18BrNO3S/c1-13(2,3)18-12(17)15(4)8-9-5-6-11(19-9)10(16)7-14/h5-6H,7-8H2,1-4H3. The number of halogens is 1. The van der Waals surface area contributed by atoms with E-state index in [2.05, 4.69) is 15.9 Å². The van der Waals surface area contributed by atoms with Crippen LogP contribution < -0.4 is 0 Å². The minimum atomic E-state index is -0.502. The van der Waals surface area contributed by atoms with E-state index in [4.69, 9.17) is 4.74 Å². The average Bonchev–Trinajstić information content (AvgIpc) is 2.74. The molecular weight excluding hydrogens is 330 g/mol. The van der Waals surface area contributed by atoms with E-state index in [0.29, 0.717) is 16.8 Å². The van der Waals surface area contributed by atoms with Gasteiger partial charge in [-0.15, -0.1) is 11.3 Å². The highest BCUT2D eigenvalue weighted by Gasteiger charge is 2.20. The predicted octanol–water partition coefficient (Wildman–Crippen LogP) is 3.69. The van der Waals surface area contributed by atoms with E-state index in [0.717, 1.165) is 4.88 Å². The minimum absolute atomic E-state index is 0.0520. The molecule has 6 heteroatoms. The van der Waals surface area contributed by atoms with Crippen molar-refractivity contribution in [2.75, 3.05) is 12.4 Å². The molecule has 0 aliphatic heterocycles. The Balaban J connectivity index is 2.62. The van der Waals surface area contributed by atoms with Crippen LogP contribution in [-0.2, 0) is 11.3 Å². The van der Waals surface area contributed by atoms with Gasteiger partial charge in [0.05, 0.1) is 16.8 Å². The molecule has 1 aromatic rings. The Hall–Kier alpha value is -0.880. The summed E-state index contributed by atoms with van der Waals surface area (Å²) in [5.41, 5.74) is -0.502. The van der Waals surface area contributed by atoms with Crippen LogP contribution in [-0.4, -0.2) is 34.8 Å². The van der Waals surface area contributed by atoms with Crippen LogP contribution in [0.1, 0.15) is 35.3 Å². The van der Waals surface area contributed by atoms with Gasteiger partial charge in [-0.1, -0.05) is 15.9 Å². The SMILES string of the molecule is CN(Cc1ccc(C(=O)CBr)s1)C(=O)OC(C)(C)C. The van der Waals surface area contributed by atoms with Crippen molar-refractivity contribution in [1.82, 2.24) is 4.90 Å². The van der Waals surface area contributed by atoms with Crippen molar-refractivity contribution < 1.29 is 14.3 Å². The van der Waals surface area contributed by atoms with Crippen LogP contribution in [0.2, 0.25) is 0 Å². The maximum atomic E-state index is 11.8. The van der Waals surface area contributed by atoms with Gasteiger partial charge in [-0.25, -0.2) is 4.79 Å². The number of ether oxygens (including phenoxy) is 1. The summed E-state index contributed by atoms with van der Waals surface area (Å²) in [6, 6.07) is 3.65. The quantitative estimate of drug-likeness (QED) is 0.616. The maximum Gasteiger partial charge on any atom is 0.410 e. The number of hydrogen-bond donors (Lipinski definition) is 0. The lowest BCUT2D eigenvalue weighted by molar-refractivity contribution is 0.0286. The average molecular weight is 348 g/mol. The summed E-state index contributed by atoms with van der Waals surface area (Å²) in [7, 11) is 1.68. The third kappa shape index (κ3) is 5.32. The van der Waals surface area contributed by atoms with Crippen molar-refractivity contribution in [1.29, 1.82) is 0 Å². The van der Waals surface area contributed by atoms with Crippen molar-refractivity contribution in [2.24, 2.45) is 0 Å². The number of carbonyl (C=O) groups is 2. The predicted molar refractivity (Wildman–Crippen MR) is 80.1 cm³/mol. The number of rotatable bonds is 4. The molecule has 1 heterocycles. The molecule has 0 aromatic carbocycles. The van der Waals surface area contributed by atoms with Crippen molar-refractivity contribution in [2.45, 2.75) is 32.9 Å². The molecule has 1 rings (SSSR count). The summed E-state index contributed by atoms with van der Waals surface area (Å²) in [5, 5.41) is 0.314. The summed E-state index contributed by atoms with van der Waals surface area (Å²) in [6.45, 7) is 5.93. The Bertz CT molecular complexity index is 465. The summed E-state index contributed by atoms with van der Waals surface area (Å²) in [5.74, 6) is 0.0520. The van der Waals surface area contributed by atoms with Crippen LogP contribution in [0.4, 0.5) is 4.79 Å². The number of hydrogen-bond acceptors (Lipinski definition) is 4. The van der Waals surface area contributed by atoms with Crippen LogP contribution >= 0.6 is 27.3 Å². The van der Waals surface area contributed by atoms with Crippen molar-refractivity contribution in [3.8, 4) is 0 Å². The normalized spacial score (nSPS) is 11.2. The van der Waals surface area contributed by atoms with Crippen molar-refractivity contribution in [3.63, 3.8) is 0 Å². The summed E-state index contributed by atoms with van der Waals surface area (Å²) >= 11 is 4.54. The van der Waals surface area contributed by atoms with E-state index < -0.39 is 5.60 Å².